The molecule has 0 nitrogen and oxygen atoms in total. The van der Waals surface area contributed by atoms with Gasteiger partial charge in [-0.25, -0.2) is 0 Å². The van der Waals surface area contributed by atoms with Crippen LogP contribution in [0.3, 0.4) is 0 Å². The molecule has 0 spiro atoms. The minimum atomic E-state index is 0.837. The Kier molecular flexibility index (Phi) is 4.45. The molecule has 88 valence electrons. The second-order valence-corrected chi connectivity index (χ2v) is 5.80. The molecule has 16 heavy (non-hydrogen) atoms. The minimum Gasteiger partial charge on any atom is -0.0925 e. The third-order valence-electron chi connectivity index (χ3n) is 3.85. The summed E-state index contributed by atoms with van der Waals surface area (Å²) < 4.78 is 0. The van der Waals surface area contributed by atoms with Gasteiger partial charge in [0.15, 0.2) is 0 Å². The molecular formula is C15H21Br. The van der Waals surface area contributed by atoms with Crippen LogP contribution in [0.15, 0.2) is 24.3 Å². The molecule has 1 aromatic rings. The zero-order valence-corrected chi connectivity index (χ0v) is 11.7. The zero-order chi connectivity index (χ0) is 11.4. The molecule has 0 amide bonds. The predicted octanol–water partition coefficient (Wildman–Crippen LogP) is 4.74. The van der Waals surface area contributed by atoms with Gasteiger partial charge in [0, 0.05) is 5.33 Å². The maximum absolute atomic E-state index is 3.70. The second-order valence-electron chi connectivity index (χ2n) is 5.15. The number of alkyl halides is 1. The number of benzene rings is 1. The van der Waals surface area contributed by atoms with Crippen molar-refractivity contribution in [2.45, 2.75) is 39.0 Å². The standard InChI is InChI=1S/C15H21Br/c1-12-5-4-6-13(9-12)10-15(11-16)14-7-2-3-8-14/h4-6,9,14-15H,2-3,7-8,10-11H2,1H3. The van der Waals surface area contributed by atoms with Crippen molar-refractivity contribution in [3.05, 3.63) is 35.4 Å². The van der Waals surface area contributed by atoms with Gasteiger partial charge in [-0.15, -0.1) is 0 Å². The van der Waals surface area contributed by atoms with Crippen molar-refractivity contribution in [3.63, 3.8) is 0 Å². The van der Waals surface area contributed by atoms with E-state index in [1.807, 2.05) is 0 Å². The van der Waals surface area contributed by atoms with Gasteiger partial charge in [0.05, 0.1) is 0 Å². The number of hydrogen-bond donors (Lipinski definition) is 0. The molecule has 0 aromatic heterocycles. The average molecular weight is 281 g/mol. The highest BCUT2D eigenvalue weighted by Gasteiger charge is 2.24. The Bertz CT molecular complexity index is 326. The lowest BCUT2D eigenvalue weighted by Crippen LogP contribution is -2.16. The molecule has 0 N–H and O–H groups in total. The second kappa shape index (κ2) is 5.86. The lowest BCUT2D eigenvalue weighted by Gasteiger charge is -2.21. The summed E-state index contributed by atoms with van der Waals surface area (Å²) in [7, 11) is 0. The number of halogens is 1. The Hall–Kier alpha value is -0.300. The van der Waals surface area contributed by atoms with Crippen LogP contribution in [0.1, 0.15) is 36.8 Å². The topological polar surface area (TPSA) is 0 Å². The average Bonchev–Trinajstić information content (AvgIpc) is 2.79. The largest absolute Gasteiger partial charge is 0.0925 e. The zero-order valence-electron chi connectivity index (χ0n) is 10.1. The number of hydrogen-bond acceptors (Lipinski definition) is 0. The minimum absolute atomic E-state index is 0.837. The highest BCUT2D eigenvalue weighted by molar-refractivity contribution is 9.09. The fourth-order valence-electron chi connectivity index (χ4n) is 2.92. The monoisotopic (exact) mass is 280 g/mol. The third-order valence-corrected chi connectivity index (χ3v) is 4.68. The molecule has 1 atom stereocenters. The fraction of sp³-hybridized carbons (Fsp3) is 0.600. The van der Waals surface area contributed by atoms with Gasteiger partial charge in [-0.1, -0.05) is 71.4 Å². The van der Waals surface area contributed by atoms with Gasteiger partial charge < -0.3 is 0 Å². The molecule has 0 saturated heterocycles. The van der Waals surface area contributed by atoms with Gasteiger partial charge >= 0.3 is 0 Å². The van der Waals surface area contributed by atoms with E-state index in [9.17, 15) is 0 Å². The summed E-state index contributed by atoms with van der Waals surface area (Å²) in [6.45, 7) is 2.18. The van der Waals surface area contributed by atoms with Crippen molar-refractivity contribution in [2.24, 2.45) is 11.8 Å². The van der Waals surface area contributed by atoms with E-state index in [1.54, 1.807) is 0 Å². The van der Waals surface area contributed by atoms with Gasteiger partial charge in [-0.05, 0) is 30.7 Å². The van der Waals surface area contributed by atoms with Gasteiger partial charge in [-0.2, -0.15) is 0 Å². The van der Waals surface area contributed by atoms with Gasteiger partial charge in [0.1, 0.15) is 0 Å². The van der Waals surface area contributed by atoms with Crippen LogP contribution >= 0.6 is 15.9 Å². The van der Waals surface area contributed by atoms with Gasteiger partial charge in [0.25, 0.3) is 0 Å². The Morgan fingerprint density at radius 3 is 2.69 bits per heavy atom. The van der Waals surface area contributed by atoms with Crippen LogP contribution in [0.5, 0.6) is 0 Å². The van der Waals surface area contributed by atoms with E-state index in [4.69, 9.17) is 0 Å². The molecule has 2 rings (SSSR count). The first-order valence-corrected chi connectivity index (χ1v) is 7.53. The molecule has 1 aliphatic rings. The molecule has 0 aliphatic heterocycles. The van der Waals surface area contributed by atoms with Crippen LogP contribution in [-0.2, 0) is 6.42 Å². The molecule has 1 unspecified atom stereocenters. The maximum Gasteiger partial charge on any atom is 0.00654 e. The summed E-state index contributed by atoms with van der Waals surface area (Å²) in [5.74, 6) is 1.80. The summed E-state index contributed by atoms with van der Waals surface area (Å²) >= 11 is 3.70. The highest BCUT2D eigenvalue weighted by Crippen LogP contribution is 2.34. The first-order valence-electron chi connectivity index (χ1n) is 6.41. The van der Waals surface area contributed by atoms with Gasteiger partial charge in [0.2, 0.25) is 0 Å². The molecule has 0 radical (unpaired) electrons. The van der Waals surface area contributed by atoms with Crippen molar-refractivity contribution >= 4 is 15.9 Å². The molecule has 0 bridgehead atoms. The molecule has 1 aromatic carbocycles. The molecule has 1 saturated carbocycles. The SMILES string of the molecule is Cc1cccc(CC(CBr)C2CCCC2)c1. The number of aryl methyl sites for hydroxylation is 1. The summed E-state index contributed by atoms with van der Waals surface area (Å²) in [4.78, 5) is 0. The predicted molar refractivity (Wildman–Crippen MR) is 74.1 cm³/mol. The van der Waals surface area contributed by atoms with Crippen LogP contribution < -0.4 is 0 Å². The van der Waals surface area contributed by atoms with E-state index in [-0.39, 0.29) is 0 Å². The van der Waals surface area contributed by atoms with Crippen molar-refractivity contribution < 1.29 is 0 Å². The summed E-state index contributed by atoms with van der Waals surface area (Å²) in [6, 6.07) is 8.98. The third kappa shape index (κ3) is 3.10. The van der Waals surface area contributed by atoms with Crippen LogP contribution in [0.2, 0.25) is 0 Å². The van der Waals surface area contributed by atoms with E-state index >= 15 is 0 Å². The van der Waals surface area contributed by atoms with Crippen LogP contribution in [-0.4, -0.2) is 5.33 Å². The van der Waals surface area contributed by atoms with E-state index in [1.165, 1.54) is 43.2 Å². The van der Waals surface area contributed by atoms with Crippen molar-refractivity contribution in [3.8, 4) is 0 Å². The van der Waals surface area contributed by atoms with Crippen LogP contribution in [0, 0.1) is 18.8 Å². The lowest BCUT2D eigenvalue weighted by atomic mass is 9.87. The first kappa shape index (κ1) is 12.2. The first-order chi connectivity index (χ1) is 7.79. The van der Waals surface area contributed by atoms with Crippen LogP contribution in [0.4, 0.5) is 0 Å². The van der Waals surface area contributed by atoms with E-state index in [2.05, 4.69) is 47.1 Å². The summed E-state index contributed by atoms with van der Waals surface area (Å²) in [5.41, 5.74) is 2.90. The summed E-state index contributed by atoms with van der Waals surface area (Å²) in [6.07, 6.45) is 7.03. The molecule has 1 aliphatic carbocycles. The van der Waals surface area contributed by atoms with Crippen molar-refractivity contribution in [2.75, 3.05) is 5.33 Å². The Balaban J connectivity index is 2.00. The van der Waals surface area contributed by atoms with E-state index < -0.39 is 0 Å². The highest BCUT2D eigenvalue weighted by atomic mass is 79.9. The molecule has 1 fully saturated rings. The Morgan fingerprint density at radius 2 is 2.06 bits per heavy atom. The quantitative estimate of drug-likeness (QED) is 0.699. The Labute approximate surface area is 108 Å². The van der Waals surface area contributed by atoms with Crippen LogP contribution in [0.25, 0.3) is 0 Å². The summed E-state index contributed by atoms with van der Waals surface area (Å²) in [5, 5.41) is 1.16. The smallest absolute Gasteiger partial charge is 0.00654 e. The lowest BCUT2D eigenvalue weighted by molar-refractivity contribution is 0.373. The fourth-order valence-corrected chi connectivity index (χ4v) is 3.68. The van der Waals surface area contributed by atoms with E-state index in [0.717, 1.165) is 17.2 Å². The van der Waals surface area contributed by atoms with Crippen molar-refractivity contribution in [1.29, 1.82) is 0 Å². The van der Waals surface area contributed by atoms with Crippen molar-refractivity contribution in [1.82, 2.24) is 0 Å². The van der Waals surface area contributed by atoms with Gasteiger partial charge in [-0.3, -0.25) is 0 Å². The van der Waals surface area contributed by atoms with E-state index in [0.29, 0.717) is 0 Å². The number of rotatable bonds is 4. The molecule has 0 heterocycles. The molecule has 1 heteroatoms. The Morgan fingerprint density at radius 1 is 1.31 bits per heavy atom. The maximum atomic E-state index is 3.70. The molecular weight excluding hydrogens is 260 g/mol. The normalized spacial score (nSPS) is 18.9.